The Labute approximate surface area is 192 Å². The summed E-state index contributed by atoms with van der Waals surface area (Å²) in [6.45, 7) is 1.43. The third-order valence-electron chi connectivity index (χ3n) is 6.08. The Morgan fingerprint density at radius 3 is 2.18 bits per heavy atom. The van der Waals surface area contributed by atoms with Crippen LogP contribution in [0.5, 0.6) is 0 Å². The van der Waals surface area contributed by atoms with Crippen molar-refractivity contribution < 1.29 is 23.9 Å². The number of rotatable bonds is 7. The topological polar surface area (TPSA) is 92.8 Å². The van der Waals surface area contributed by atoms with Crippen LogP contribution in [0.4, 0.5) is 5.69 Å². The first-order valence-corrected chi connectivity index (χ1v) is 11.0. The number of nitrogens with one attached hydrogen (secondary N) is 1. The average molecular weight is 447 g/mol. The highest BCUT2D eigenvalue weighted by Gasteiger charge is 2.51. The molecule has 0 unspecified atom stereocenters. The van der Waals surface area contributed by atoms with Crippen LogP contribution in [0.3, 0.4) is 0 Å². The number of carbonyl (C=O) groups excluding carboxylic acids is 4. The average Bonchev–Trinajstić information content (AvgIpc) is 3.08. The van der Waals surface area contributed by atoms with Gasteiger partial charge in [-0.05, 0) is 37.5 Å². The standard InChI is InChI=1S/C26H26N2O5/c1-17-11-13-19(14-12-17)27-23(29)16-33-26(32)22(15-18-7-3-2-4-8-18)28-24(30)20-9-5-6-10-21(20)25(28)31/h2-8,11-14,20-22H,9-10,15-16H2,1H3,(H,27,29)/t20-,21-,22-/m0/s1. The van der Waals surface area contributed by atoms with Crippen LogP contribution in [-0.4, -0.2) is 41.2 Å². The third kappa shape index (κ3) is 5.03. The van der Waals surface area contributed by atoms with Gasteiger partial charge >= 0.3 is 5.97 Å². The Morgan fingerprint density at radius 1 is 0.970 bits per heavy atom. The summed E-state index contributed by atoms with van der Waals surface area (Å²) in [6.07, 6.45) is 4.89. The zero-order valence-corrected chi connectivity index (χ0v) is 18.4. The molecule has 1 aliphatic heterocycles. The van der Waals surface area contributed by atoms with Crippen LogP contribution in [0, 0.1) is 18.8 Å². The Kier molecular flexibility index (Phi) is 6.68. The van der Waals surface area contributed by atoms with Crippen molar-refractivity contribution in [3.8, 4) is 0 Å². The monoisotopic (exact) mass is 446 g/mol. The molecule has 1 fully saturated rings. The number of anilines is 1. The molecule has 0 radical (unpaired) electrons. The molecular weight excluding hydrogens is 420 g/mol. The molecule has 2 aliphatic rings. The second kappa shape index (κ2) is 9.81. The molecule has 33 heavy (non-hydrogen) atoms. The maximum absolute atomic E-state index is 13.1. The smallest absolute Gasteiger partial charge is 0.330 e. The first kappa shape index (κ1) is 22.5. The Bertz CT molecular complexity index is 1050. The zero-order chi connectivity index (χ0) is 23.4. The first-order valence-electron chi connectivity index (χ1n) is 11.0. The number of esters is 1. The highest BCUT2D eigenvalue weighted by molar-refractivity contribution is 6.08. The summed E-state index contributed by atoms with van der Waals surface area (Å²) < 4.78 is 5.28. The second-order valence-electron chi connectivity index (χ2n) is 8.43. The van der Waals surface area contributed by atoms with E-state index in [0.29, 0.717) is 18.5 Å². The van der Waals surface area contributed by atoms with Crippen molar-refractivity contribution >= 4 is 29.4 Å². The summed E-state index contributed by atoms with van der Waals surface area (Å²) in [5.41, 5.74) is 2.43. The van der Waals surface area contributed by atoms with Gasteiger partial charge in [0.15, 0.2) is 6.61 Å². The van der Waals surface area contributed by atoms with Gasteiger partial charge in [-0.15, -0.1) is 0 Å². The maximum atomic E-state index is 13.1. The molecule has 7 heteroatoms. The molecule has 4 rings (SSSR count). The van der Waals surface area contributed by atoms with Crippen molar-refractivity contribution in [1.29, 1.82) is 0 Å². The fraction of sp³-hybridized carbons (Fsp3) is 0.308. The number of benzene rings is 2. The summed E-state index contributed by atoms with van der Waals surface area (Å²) >= 11 is 0. The number of imide groups is 1. The van der Waals surface area contributed by atoms with Gasteiger partial charge in [0.1, 0.15) is 6.04 Å². The summed E-state index contributed by atoms with van der Waals surface area (Å²) in [4.78, 5) is 52.6. The van der Waals surface area contributed by atoms with E-state index in [1.807, 2.05) is 61.5 Å². The molecule has 1 N–H and O–H groups in total. The minimum Gasteiger partial charge on any atom is -0.454 e. The number of allylic oxidation sites excluding steroid dienone is 2. The summed E-state index contributed by atoms with van der Waals surface area (Å²) in [6, 6.07) is 15.2. The molecule has 170 valence electrons. The SMILES string of the molecule is Cc1ccc(NC(=O)COC(=O)[C@H](Cc2ccccc2)N2C(=O)[C@H]3CC=CC[C@@H]3C2=O)cc1. The predicted molar refractivity (Wildman–Crippen MR) is 122 cm³/mol. The quantitative estimate of drug-likeness (QED) is 0.401. The fourth-order valence-electron chi connectivity index (χ4n) is 4.32. The van der Waals surface area contributed by atoms with E-state index in [9.17, 15) is 19.2 Å². The van der Waals surface area contributed by atoms with Crippen molar-refractivity contribution in [2.24, 2.45) is 11.8 Å². The fourth-order valence-corrected chi connectivity index (χ4v) is 4.32. The van der Waals surface area contributed by atoms with E-state index in [4.69, 9.17) is 4.74 Å². The van der Waals surface area contributed by atoms with Gasteiger partial charge in [0.05, 0.1) is 11.8 Å². The third-order valence-corrected chi connectivity index (χ3v) is 6.08. The minimum atomic E-state index is -1.12. The van der Waals surface area contributed by atoms with E-state index >= 15 is 0 Å². The lowest BCUT2D eigenvalue weighted by atomic mass is 9.85. The van der Waals surface area contributed by atoms with E-state index in [2.05, 4.69) is 5.32 Å². The van der Waals surface area contributed by atoms with Crippen molar-refractivity contribution in [1.82, 2.24) is 4.90 Å². The molecule has 3 atom stereocenters. The lowest BCUT2D eigenvalue weighted by Gasteiger charge is -2.25. The van der Waals surface area contributed by atoms with Crippen LogP contribution >= 0.6 is 0 Å². The van der Waals surface area contributed by atoms with Crippen LogP contribution in [0.1, 0.15) is 24.0 Å². The van der Waals surface area contributed by atoms with Gasteiger partial charge in [0.2, 0.25) is 11.8 Å². The number of carbonyl (C=O) groups is 4. The van der Waals surface area contributed by atoms with E-state index in [-0.39, 0.29) is 18.2 Å². The van der Waals surface area contributed by atoms with Gasteiger partial charge in [-0.3, -0.25) is 19.3 Å². The first-order chi connectivity index (χ1) is 15.9. The van der Waals surface area contributed by atoms with Crippen LogP contribution in [0.15, 0.2) is 66.7 Å². The molecule has 2 aromatic rings. The molecule has 0 aromatic heterocycles. The van der Waals surface area contributed by atoms with Crippen molar-refractivity contribution in [2.45, 2.75) is 32.2 Å². The molecule has 3 amide bonds. The van der Waals surface area contributed by atoms with Crippen LogP contribution in [0.2, 0.25) is 0 Å². The predicted octanol–water partition coefficient (Wildman–Crippen LogP) is 3.04. The Morgan fingerprint density at radius 2 is 1.58 bits per heavy atom. The molecular formula is C26H26N2O5. The Hall–Kier alpha value is -3.74. The molecule has 2 aromatic carbocycles. The summed E-state index contributed by atoms with van der Waals surface area (Å²) in [5, 5.41) is 2.67. The Balaban J connectivity index is 1.48. The van der Waals surface area contributed by atoms with Gasteiger partial charge in [0.25, 0.3) is 5.91 Å². The summed E-state index contributed by atoms with van der Waals surface area (Å²) in [7, 11) is 0. The van der Waals surface area contributed by atoms with Gasteiger partial charge < -0.3 is 10.1 Å². The van der Waals surface area contributed by atoms with Crippen LogP contribution in [0.25, 0.3) is 0 Å². The molecule has 0 bridgehead atoms. The number of ether oxygens (including phenoxy) is 1. The molecule has 0 saturated carbocycles. The van der Waals surface area contributed by atoms with Gasteiger partial charge in [-0.1, -0.05) is 60.2 Å². The number of amides is 3. The van der Waals surface area contributed by atoms with Crippen molar-refractivity contribution in [2.75, 3.05) is 11.9 Å². The normalized spacial score (nSPS) is 20.3. The number of hydrogen-bond donors (Lipinski definition) is 1. The maximum Gasteiger partial charge on any atom is 0.330 e. The zero-order valence-electron chi connectivity index (χ0n) is 18.4. The second-order valence-corrected chi connectivity index (χ2v) is 8.43. The summed E-state index contributed by atoms with van der Waals surface area (Å²) in [5.74, 6) is -2.86. The molecule has 7 nitrogen and oxygen atoms in total. The minimum absolute atomic E-state index is 0.129. The van der Waals surface area contributed by atoms with Gasteiger partial charge in [-0.25, -0.2) is 4.79 Å². The van der Waals surface area contributed by atoms with Gasteiger partial charge in [0, 0.05) is 12.1 Å². The van der Waals surface area contributed by atoms with Crippen LogP contribution in [-0.2, 0) is 30.3 Å². The number of aryl methyl sites for hydroxylation is 1. The largest absolute Gasteiger partial charge is 0.454 e. The van der Waals surface area contributed by atoms with E-state index in [1.165, 1.54) is 0 Å². The molecule has 1 saturated heterocycles. The molecule has 1 heterocycles. The number of likely N-dealkylation sites (tertiary alicyclic amines) is 1. The van der Waals surface area contributed by atoms with E-state index in [0.717, 1.165) is 16.0 Å². The number of fused-ring (bicyclic) bond motifs is 1. The van der Waals surface area contributed by atoms with E-state index in [1.54, 1.807) is 12.1 Å². The number of nitrogens with zero attached hydrogens (tertiary/aromatic N) is 1. The van der Waals surface area contributed by atoms with Gasteiger partial charge in [-0.2, -0.15) is 0 Å². The lowest BCUT2D eigenvalue weighted by Crippen LogP contribution is -2.48. The highest BCUT2D eigenvalue weighted by atomic mass is 16.5. The van der Waals surface area contributed by atoms with Crippen molar-refractivity contribution in [3.05, 3.63) is 77.9 Å². The lowest BCUT2D eigenvalue weighted by molar-refractivity contribution is -0.159. The molecule has 0 spiro atoms. The van der Waals surface area contributed by atoms with Crippen molar-refractivity contribution in [3.63, 3.8) is 0 Å². The highest BCUT2D eigenvalue weighted by Crippen LogP contribution is 2.36. The van der Waals surface area contributed by atoms with Crippen LogP contribution < -0.4 is 5.32 Å². The van der Waals surface area contributed by atoms with E-state index < -0.39 is 36.4 Å². The molecule has 1 aliphatic carbocycles. The number of hydrogen-bond acceptors (Lipinski definition) is 5.